The normalized spacial score (nSPS) is 27.6. The third-order valence-electron chi connectivity index (χ3n) is 3.92. The van der Waals surface area contributed by atoms with Gasteiger partial charge in [0.05, 0.1) is 12.1 Å². The second kappa shape index (κ2) is 10.2. The number of esters is 3. The molecule has 9 nitrogen and oxygen atoms in total. The molecule has 0 aliphatic carbocycles. The molecule has 154 valence electrons. The predicted octanol–water partition coefficient (Wildman–Crippen LogP) is 0.731. The van der Waals surface area contributed by atoms with Crippen LogP contribution in [0.2, 0.25) is 0 Å². The lowest BCUT2D eigenvalue weighted by Gasteiger charge is -2.45. The number of rotatable bonds is 7. The highest BCUT2D eigenvalue weighted by molar-refractivity contribution is 5.73. The Bertz CT molecular complexity index is 562. The fourth-order valence-corrected chi connectivity index (χ4v) is 3.09. The zero-order valence-electron chi connectivity index (χ0n) is 16.6. The Balaban J connectivity index is 3.27. The number of amides is 1. The van der Waals surface area contributed by atoms with Gasteiger partial charge in [-0.05, 0) is 12.3 Å². The molecule has 0 bridgehead atoms. The molecule has 0 unspecified atom stereocenters. The Hall–Kier alpha value is -2.16. The average Bonchev–Trinajstić information content (AvgIpc) is 2.49. The van der Waals surface area contributed by atoms with Crippen LogP contribution in [-0.4, -0.2) is 60.9 Å². The summed E-state index contributed by atoms with van der Waals surface area (Å²) in [7, 11) is 0. The summed E-state index contributed by atoms with van der Waals surface area (Å²) in [4.78, 5) is 46.2. The van der Waals surface area contributed by atoms with Crippen LogP contribution in [-0.2, 0) is 38.1 Å². The molecule has 27 heavy (non-hydrogen) atoms. The van der Waals surface area contributed by atoms with E-state index in [1.54, 1.807) is 0 Å². The van der Waals surface area contributed by atoms with E-state index < -0.39 is 48.4 Å². The first-order chi connectivity index (χ1) is 12.5. The van der Waals surface area contributed by atoms with E-state index in [2.05, 4.69) is 5.32 Å². The molecule has 1 rings (SSSR count). The van der Waals surface area contributed by atoms with Crippen LogP contribution in [0.5, 0.6) is 0 Å². The summed E-state index contributed by atoms with van der Waals surface area (Å²) in [6.07, 6.45) is -2.83. The van der Waals surface area contributed by atoms with E-state index >= 15 is 0 Å². The van der Waals surface area contributed by atoms with Gasteiger partial charge in [-0.2, -0.15) is 0 Å². The SMILES string of the molecule is CC(=O)N[C@@H]1[C@@H](OC(C)=O)[C@@H](OC(C)=O)[C@@H](COC(C)=O)O[C@H]1CC(C)C. The molecule has 1 fully saturated rings. The molecule has 1 amide bonds. The zero-order valence-corrected chi connectivity index (χ0v) is 16.6. The minimum atomic E-state index is -1.04. The molecule has 5 atom stereocenters. The van der Waals surface area contributed by atoms with E-state index in [0.29, 0.717) is 6.42 Å². The fourth-order valence-electron chi connectivity index (χ4n) is 3.09. The van der Waals surface area contributed by atoms with E-state index in [-0.39, 0.29) is 18.4 Å². The first kappa shape index (κ1) is 22.9. The van der Waals surface area contributed by atoms with Crippen LogP contribution in [0.4, 0.5) is 0 Å². The van der Waals surface area contributed by atoms with Crippen LogP contribution in [0, 0.1) is 5.92 Å². The molecule has 1 N–H and O–H groups in total. The van der Waals surface area contributed by atoms with Gasteiger partial charge in [0.2, 0.25) is 5.91 Å². The van der Waals surface area contributed by atoms with Gasteiger partial charge in [0.1, 0.15) is 12.7 Å². The molecule has 0 aromatic rings. The minimum Gasteiger partial charge on any atom is -0.463 e. The highest BCUT2D eigenvalue weighted by atomic mass is 16.6. The third kappa shape index (κ3) is 7.54. The van der Waals surface area contributed by atoms with Crippen LogP contribution in [0.25, 0.3) is 0 Å². The molecule has 1 heterocycles. The van der Waals surface area contributed by atoms with E-state index in [9.17, 15) is 19.2 Å². The smallest absolute Gasteiger partial charge is 0.303 e. The van der Waals surface area contributed by atoms with Crippen LogP contribution < -0.4 is 5.32 Å². The number of hydrogen-bond acceptors (Lipinski definition) is 8. The van der Waals surface area contributed by atoms with E-state index in [4.69, 9.17) is 18.9 Å². The van der Waals surface area contributed by atoms with Gasteiger partial charge >= 0.3 is 17.9 Å². The molecule has 9 heteroatoms. The minimum absolute atomic E-state index is 0.174. The molecule has 1 saturated heterocycles. The summed E-state index contributed by atoms with van der Waals surface area (Å²) in [5, 5.41) is 2.74. The second-order valence-corrected chi connectivity index (χ2v) is 7.02. The van der Waals surface area contributed by atoms with Gasteiger partial charge in [0, 0.05) is 27.7 Å². The van der Waals surface area contributed by atoms with Crippen LogP contribution in [0.1, 0.15) is 48.0 Å². The summed E-state index contributed by atoms with van der Waals surface area (Å²) in [5.74, 6) is -1.85. The van der Waals surface area contributed by atoms with Crippen molar-refractivity contribution in [3.8, 4) is 0 Å². The molecular weight excluding hydrogens is 358 g/mol. The van der Waals surface area contributed by atoms with E-state index in [0.717, 1.165) is 0 Å². The standard InChI is InChI=1S/C18H29NO8/c1-9(2)7-14-16(19-10(3)20)18(26-13(6)23)17(25-12(5)22)15(27-14)8-24-11(4)21/h9,14-18H,7-8H2,1-6H3,(H,19,20)/t14-,15+,16-,17-,18+/m0/s1. The number of nitrogens with one attached hydrogen (secondary N) is 1. The topological polar surface area (TPSA) is 117 Å². The van der Waals surface area contributed by atoms with Crippen molar-refractivity contribution in [3.63, 3.8) is 0 Å². The Kier molecular flexibility index (Phi) is 8.68. The van der Waals surface area contributed by atoms with E-state index in [1.165, 1.54) is 27.7 Å². The molecule has 0 radical (unpaired) electrons. The van der Waals surface area contributed by atoms with Crippen molar-refractivity contribution in [2.75, 3.05) is 6.61 Å². The van der Waals surface area contributed by atoms with Crippen LogP contribution in [0.3, 0.4) is 0 Å². The van der Waals surface area contributed by atoms with Gasteiger partial charge in [-0.15, -0.1) is 0 Å². The first-order valence-corrected chi connectivity index (χ1v) is 8.91. The van der Waals surface area contributed by atoms with Gasteiger partial charge < -0.3 is 24.3 Å². The van der Waals surface area contributed by atoms with Gasteiger partial charge in [0.15, 0.2) is 12.2 Å². The largest absolute Gasteiger partial charge is 0.463 e. The summed E-state index contributed by atoms with van der Waals surface area (Å²) >= 11 is 0. The molecule has 0 saturated carbocycles. The molecule has 1 aliphatic rings. The van der Waals surface area contributed by atoms with Crippen molar-refractivity contribution in [2.45, 2.75) is 78.4 Å². The maximum Gasteiger partial charge on any atom is 0.303 e. The lowest BCUT2D eigenvalue weighted by atomic mass is 9.88. The van der Waals surface area contributed by atoms with Gasteiger partial charge in [0.25, 0.3) is 0 Å². The van der Waals surface area contributed by atoms with Crippen LogP contribution in [0.15, 0.2) is 0 Å². The highest BCUT2D eigenvalue weighted by Gasteiger charge is 2.50. The lowest BCUT2D eigenvalue weighted by Crippen LogP contribution is -2.66. The van der Waals surface area contributed by atoms with Crippen LogP contribution >= 0.6 is 0 Å². The molecule has 1 aliphatic heterocycles. The first-order valence-electron chi connectivity index (χ1n) is 8.91. The molecular formula is C18H29NO8. The highest BCUT2D eigenvalue weighted by Crippen LogP contribution is 2.30. The maximum absolute atomic E-state index is 11.7. The maximum atomic E-state index is 11.7. The lowest BCUT2D eigenvalue weighted by molar-refractivity contribution is -0.225. The predicted molar refractivity (Wildman–Crippen MR) is 93.5 cm³/mol. The Morgan fingerprint density at radius 2 is 1.44 bits per heavy atom. The van der Waals surface area contributed by atoms with Gasteiger partial charge in [-0.25, -0.2) is 0 Å². The van der Waals surface area contributed by atoms with Crippen molar-refractivity contribution < 1.29 is 38.1 Å². The second-order valence-electron chi connectivity index (χ2n) is 7.02. The summed E-state index contributed by atoms with van der Waals surface area (Å²) in [6.45, 7) is 8.81. The Labute approximate surface area is 159 Å². The summed E-state index contributed by atoms with van der Waals surface area (Å²) in [6, 6.07) is -0.716. The molecule has 0 spiro atoms. The Morgan fingerprint density at radius 3 is 1.89 bits per heavy atom. The number of hydrogen-bond donors (Lipinski definition) is 1. The summed E-state index contributed by atoms with van der Waals surface area (Å²) < 4.78 is 21.8. The monoisotopic (exact) mass is 387 g/mol. The number of ether oxygens (including phenoxy) is 4. The van der Waals surface area contributed by atoms with E-state index in [1.807, 2.05) is 13.8 Å². The van der Waals surface area contributed by atoms with Crippen molar-refractivity contribution in [3.05, 3.63) is 0 Å². The van der Waals surface area contributed by atoms with Gasteiger partial charge in [-0.3, -0.25) is 19.2 Å². The van der Waals surface area contributed by atoms with Crippen molar-refractivity contribution in [2.24, 2.45) is 5.92 Å². The van der Waals surface area contributed by atoms with Gasteiger partial charge in [-0.1, -0.05) is 13.8 Å². The third-order valence-corrected chi connectivity index (χ3v) is 3.92. The molecule has 0 aromatic carbocycles. The quantitative estimate of drug-likeness (QED) is 0.502. The fraction of sp³-hybridized carbons (Fsp3) is 0.778. The molecule has 0 aromatic heterocycles. The summed E-state index contributed by atoms with van der Waals surface area (Å²) in [5.41, 5.74) is 0. The average molecular weight is 387 g/mol. The Morgan fingerprint density at radius 1 is 0.889 bits per heavy atom. The number of carbonyl (C=O) groups excluding carboxylic acids is 4. The number of carbonyl (C=O) groups is 4. The van der Waals surface area contributed by atoms with Crippen molar-refractivity contribution >= 4 is 23.8 Å². The zero-order chi connectivity index (χ0) is 20.7. The van der Waals surface area contributed by atoms with Crippen molar-refractivity contribution in [1.82, 2.24) is 5.32 Å². The van der Waals surface area contributed by atoms with Crippen molar-refractivity contribution in [1.29, 1.82) is 0 Å².